The van der Waals surface area contributed by atoms with Crippen molar-refractivity contribution in [1.82, 2.24) is 10.6 Å². The third kappa shape index (κ3) is 3.37. The van der Waals surface area contributed by atoms with E-state index in [0.717, 1.165) is 5.11 Å². The molecule has 2 N–H and O–H groups in total. The summed E-state index contributed by atoms with van der Waals surface area (Å²) in [6.07, 6.45) is 4.34. The van der Waals surface area contributed by atoms with Gasteiger partial charge in [-0.15, -0.1) is 6.58 Å². The molecule has 0 bridgehead atoms. The Labute approximate surface area is 73.1 Å². The first-order valence-electron chi connectivity index (χ1n) is 3.92. The Morgan fingerprint density at radius 2 is 2.36 bits per heavy atom. The van der Waals surface area contributed by atoms with Gasteiger partial charge in [-0.25, -0.2) is 0 Å². The lowest BCUT2D eigenvalue weighted by Crippen LogP contribution is -2.40. The molecule has 0 aliphatic heterocycles. The molecule has 0 aromatic heterocycles. The topological polar surface area (TPSA) is 24.1 Å². The molecule has 0 aromatic rings. The molecule has 0 radical (unpaired) electrons. The molecule has 1 aliphatic carbocycles. The first-order valence-corrected chi connectivity index (χ1v) is 4.33. The van der Waals surface area contributed by atoms with Crippen LogP contribution in [0.3, 0.4) is 0 Å². The van der Waals surface area contributed by atoms with Gasteiger partial charge in [0.2, 0.25) is 0 Å². The minimum absolute atomic E-state index is 0.258. The van der Waals surface area contributed by atoms with Gasteiger partial charge in [-0.1, -0.05) is 6.08 Å². The minimum Gasteiger partial charge on any atom is -0.360 e. The molecule has 0 amide bonds. The average molecular weight is 170 g/mol. The minimum atomic E-state index is 0.258. The Bertz CT molecular complexity index is 163. The molecular weight excluding hydrogens is 156 g/mol. The molecule has 0 saturated heterocycles. The maximum Gasteiger partial charge on any atom is 0.166 e. The first-order chi connectivity index (χ1) is 5.22. The molecule has 11 heavy (non-hydrogen) atoms. The van der Waals surface area contributed by atoms with Crippen LogP contribution < -0.4 is 10.6 Å². The zero-order chi connectivity index (χ0) is 8.27. The van der Waals surface area contributed by atoms with E-state index in [1.54, 1.807) is 0 Å². The van der Waals surface area contributed by atoms with Crippen LogP contribution in [0.25, 0.3) is 0 Å². The maximum atomic E-state index is 5.04. The van der Waals surface area contributed by atoms with Gasteiger partial charge in [0.05, 0.1) is 0 Å². The molecule has 0 heterocycles. The van der Waals surface area contributed by atoms with Gasteiger partial charge in [-0.05, 0) is 32.0 Å². The standard InChI is InChI=1S/C8H14N2S/c1-3-6(2)9-8(11)10-7-4-5-7/h3,6-7H,1,4-5H2,2H3,(H2,9,10,11). The molecule has 1 unspecified atom stereocenters. The number of thiocarbonyl (C=S) groups is 1. The predicted molar refractivity (Wildman–Crippen MR) is 51.6 cm³/mol. The molecule has 0 aromatic carbocycles. The molecule has 2 nitrogen and oxygen atoms in total. The summed E-state index contributed by atoms with van der Waals surface area (Å²) in [6, 6.07) is 0.890. The number of nitrogens with one attached hydrogen (secondary N) is 2. The second kappa shape index (κ2) is 3.72. The van der Waals surface area contributed by atoms with E-state index in [2.05, 4.69) is 17.2 Å². The van der Waals surface area contributed by atoms with Crippen molar-refractivity contribution in [1.29, 1.82) is 0 Å². The molecule has 1 rings (SSSR count). The third-order valence-electron chi connectivity index (χ3n) is 1.62. The van der Waals surface area contributed by atoms with Crippen molar-refractivity contribution in [2.24, 2.45) is 0 Å². The van der Waals surface area contributed by atoms with E-state index < -0.39 is 0 Å². The van der Waals surface area contributed by atoms with E-state index in [-0.39, 0.29) is 6.04 Å². The van der Waals surface area contributed by atoms with Crippen LogP contribution >= 0.6 is 12.2 Å². The Morgan fingerprint density at radius 1 is 1.73 bits per heavy atom. The zero-order valence-electron chi connectivity index (χ0n) is 6.76. The summed E-state index contributed by atoms with van der Waals surface area (Å²) < 4.78 is 0. The molecule has 1 fully saturated rings. The van der Waals surface area contributed by atoms with Crippen LogP contribution in [-0.4, -0.2) is 17.2 Å². The van der Waals surface area contributed by atoms with Gasteiger partial charge in [-0.3, -0.25) is 0 Å². The van der Waals surface area contributed by atoms with Crippen molar-refractivity contribution in [3.8, 4) is 0 Å². The molecule has 0 spiro atoms. The van der Waals surface area contributed by atoms with Crippen molar-refractivity contribution >= 4 is 17.3 Å². The Balaban J connectivity index is 2.13. The fourth-order valence-electron chi connectivity index (χ4n) is 0.720. The monoisotopic (exact) mass is 170 g/mol. The van der Waals surface area contributed by atoms with Crippen molar-refractivity contribution in [3.05, 3.63) is 12.7 Å². The van der Waals surface area contributed by atoms with Crippen molar-refractivity contribution in [2.45, 2.75) is 31.8 Å². The third-order valence-corrected chi connectivity index (χ3v) is 1.86. The summed E-state index contributed by atoms with van der Waals surface area (Å²) in [4.78, 5) is 0. The second-order valence-corrected chi connectivity index (χ2v) is 3.32. The summed E-state index contributed by atoms with van der Waals surface area (Å²) in [5.41, 5.74) is 0. The first kappa shape index (κ1) is 8.53. The van der Waals surface area contributed by atoms with E-state index in [1.165, 1.54) is 12.8 Å². The van der Waals surface area contributed by atoms with E-state index in [0.29, 0.717) is 6.04 Å². The van der Waals surface area contributed by atoms with Gasteiger partial charge in [-0.2, -0.15) is 0 Å². The lowest BCUT2D eigenvalue weighted by molar-refractivity contribution is 0.769. The van der Waals surface area contributed by atoms with E-state index >= 15 is 0 Å². The van der Waals surface area contributed by atoms with Crippen LogP contribution in [0.4, 0.5) is 0 Å². The quantitative estimate of drug-likeness (QED) is 0.491. The summed E-state index contributed by atoms with van der Waals surface area (Å²) in [7, 11) is 0. The molecular formula is C8H14N2S. The molecule has 3 heteroatoms. The smallest absolute Gasteiger partial charge is 0.166 e. The highest BCUT2D eigenvalue weighted by atomic mass is 32.1. The fraction of sp³-hybridized carbons (Fsp3) is 0.625. The van der Waals surface area contributed by atoms with Gasteiger partial charge < -0.3 is 10.6 Å². The predicted octanol–water partition coefficient (Wildman–Crippen LogP) is 1.19. The SMILES string of the molecule is C=CC(C)NC(=S)NC1CC1. The van der Waals surface area contributed by atoms with Crippen molar-refractivity contribution < 1.29 is 0 Å². The van der Waals surface area contributed by atoms with Gasteiger partial charge in [0.1, 0.15) is 0 Å². The largest absolute Gasteiger partial charge is 0.360 e. The van der Waals surface area contributed by atoms with Crippen molar-refractivity contribution in [3.63, 3.8) is 0 Å². The highest BCUT2D eigenvalue weighted by Gasteiger charge is 2.21. The normalized spacial score (nSPS) is 18.6. The zero-order valence-corrected chi connectivity index (χ0v) is 7.58. The number of hydrogen-bond acceptors (Lipinski definition) is 1. The van der Waals surface area contributed by atoms with Crippen LogP contribution in [0.1, 0.15) is 19.8 Å². The fourth-order valence-corrected chi connectivity index (χ4v) is 1.07. The lowest BCUT2D eigenvalue weighted by Gasteiger charge is -2.12. The van der Waals surface area contributed by atoms with E-state index in [4.69, 9.17) is 12.2 Å². The molecule has 1 saturated carbocycles. The maximum absolute atomic E-state index is 5.04. The molecule has 1 aliphatic rings. The molecule has 1 atom stereocenters. The van der Waals surface area contributed by atoms with Gasteiger partial charge >= 0.3 is 0 Å². The summed E-state index contributed by atoms with van der Waals surface area (Å²) in [5.74, 6) is 0. The van der Waals surface area contributed by atoms with Crippen molar-refractivity contribution in [2.75, 3.05) is 0 Å². The lowest BCUT2D eigenvalue weighted by atomic mass is 10.3. The summed E-state index contributed by atoms with van der Waals surface area (Å²) >= 11 is 5.04. The summed E-state index contributed by atoms with van der Waals surface area (Å²) in [6.45, 7) is 5.68. The van der Waals surface area contributed by atoms with Gasteiger partial charge in [0, 0.05) is 12.1 Å². The Morgan fingerprint density at radius 3 is 2.82 bits per heavy atom. The Kier molecular flexibility index (Phi) is 2.88. The van der Waals surface area contributed by atoms with Crippen LogP contribution in [0, 0.1) is 0 Å². The van der Waals surface area contributed by atoms with Crippen LogP contribution in [0.5, 0.6) is 0 Å². The van der Waals surface area contributed by atoms with Crippen LogP contribution in [0.15, 0.2) is 12.7 Å². The van der Waals surface area contributed by atoms with Gasteiger partial charge in [0.25, 0.3) is 0 Å². The van der Waals surface area contributed by atoms with E-state index in [1.807, 2.05) is 13.0 Å². The second-order valence-electron chi connectivity index (χ2n) is 2.92. The average Bonchev–Trinajstić information content (AvgIpc) is 2.71. The van der Waals surface area contributed by atoms with E-state index in [9.17, 15) is 0 Å². The Hall–Kier alpha value is -0.570. The summed E-state index contributed by atoms with van der Waals surface area (Å²) in [5, 5.41) is 7.04. The number of rotatable bonds is 3. The molecule has 62 valence electrons. The van der Waals surface area contributed by atoms with Crippen LogP contribution in [0.2, 0.25) is 0 Å². The van der Waals surface area contributed by atoms with Crippen LogP contribution in [-0.2, 0) is 0 Å². The highest BCUT2D eigenvalue weighted by molar-refractivity contribution is 7.80. The van der Waals surface area contributed by atoms with Gasteiger partial charge in [0.15, 0.2) is 5.11 Å². The highest BCUT2D eigenvalue weighted by Crippen LogP contribution is 2.18. The number of hydrogen-bond donors (Lipinski definition) is 2.